The number of aliphatic hydroxyl groups is 1. The van der Waals surface area contributed by atoms with E-state index in [2.05, 4.69) is 44.6 Å². The number of hydrogen-bond donors (Lipinski definition) is 2. The van der Waals surface area contributed by atoms with Crippen LogP contribution in [-0.2, 0) is 12.1 Å². The first-order chi connectivity index (χ1) is 11.7. The number of nitrogens with one attached hydrogen (secondary N) is 1. The van der Waals surface area contributed by atoms with Gasteiger partial charge < -0.3 is 9.84 Å². The fourth-order valence-electron chi connectivity index (χ4n) is 3.40. The van der Waals surface area contributed by atoms with Crippen LogP contribution in [0.3, 0.4) is 0 Å². The van der Waals surface area contributed by atoms with Gasteiger partial charge in [0.1, 0.15) is 17.0 Å². The highest BCUT2D eigenvalue weighted by Gasteiger charge is 2.39. The van der Waals surface area contributed by atoms with Gasteiger partial charge >= 0.3 is 0 Å². The molecule has 1 atom stereocenters. The second kappa shape index (κ2) is 5.89. The summed E-state index contributed by atoms with van der Waals surface area (Å²) in [4.78, 5) is 2.25. The third-order valence-corrected chi connectivity index (χ3v) is 4.74. The van der Waals surface area contributed by atoms with Crippen LogP contribution >= 0.6 is 0 Å². The third-order valence-electron chi connectivity index (χ3n) is 4.74. The van der Waals surface area contributed by atoms with Crippen molar-refractivity contribution in [1.29, 1.82) is 0 Å². The fourth-order valence-corrected chi connectivity index (χ4v) is 3.40. The number of H-pyrrole nitrogens is 1. The number of fused-ring (bicyclic) bond motifs is 1. The van der Waals surface area contributed by atoms with E-state index >= 15 is 0 Å². The zero-order valence-electron chi connectivity index (χ0n) is 13.6. The number of benzene rings is 2. The Bertz CT molecular complexity index is 849. The number of aromatic amines is 1. The summed E-state index contributed by atoms with van der Waals surface area (Å²) >= 11 is 0. The monoisotopic (exact) mass is 324 g/mol. The van der Waals surface area contributed by atoms with E-state index in [-0.39, 0.29) is 0 Å². The van der Waals surface area contributed by atoms with Crippen molar-refractivity contribution in [3.63, 3.8) is 0 Å². The minimum Gasteiger partial charge on any atom is -0.497 e. The topological polar surface area (TPSA) is 74.3 Å². The molecule has 2 heterocycles. The summed E-state index contributed by atoms with van der Waals surface area (Å²) < 4.78 is 5.27. The highest BCUT2D eigenvalue weighted by atomic mass is 16.5. The molecular formula is C18H20N4O2. The van der Waals surface area contributed by atoms with Crippen LogP contribution in [0.15, 0.2) is 42.6 Å². The summed E-state index contributed by atoms with van der Waals surface area (Å²) in [7, 11) is 1.68. The van der Waals surface area contributed by atoms with Crippen molar-refractivity contribution in [3.8, 4) is 5.75 Å². The molecule has 4 rings (SSSR count). The Kier molecular flexibility index (Phi) is 3.70. The first kappa shape index (κ1) is 15.1. The van der Waals surface area contributed by atoms with Gasteiger partial charge in [-0.15, -0.1) is 0 Å². The minimum absolute atomic E-state index is 0.570. The second-order valence-electron chi connectivity index (χ2n) is 6.39. The van der Waals surface area contributed by atoms with Crippen LogP contribution in [0.2, 0.25) is 0 Å². The van der Waals surface area contributed by atoms with Crippen LogP contribution in [0.4, 0.5) is 0 Å². The maximum Gasteiger partial charge on any atom is 0.124 e. The van der Waals surface area contributed by atoms with Gasteiger partial charge in [0.25, 0.3) is 0 Å². The van der Waals surface area contributed by atoms with Gasteiger partial charge in [0, 0.05) is 19.6 Å². The lowest BCUT2D eigenvalue weighted by molar-refractivity contribution is 0.0409. The van der Waals surface area contributed by atoms with Crippen molar-refractivity contribution in [2.45, 2.75) is 18.6 Å². The average Bonchev–Trinajstić information content (AvgIpc) is 3.25. The Morgan fingerprint density at radius 2 is 2.08 bits per heavy atom. The highest BCUT2D eigenvalue weighted by molar-refractivity contribution is 5.84. The Hall–Kier alpha value is -2.44. The molecule has 0 unspecified atom stereocenters. The zero-order valence-corrected chi connectivity index (χ0v) is 13.6. The minimum atomic E-state index is -0.906. The molecule has 0 radical (unpaired) electrons. The van der Waals surface area contributed by atoms with Crippen molar-refractivity contribution in [3.05, 3.63) is 53.9 Å². The summed E-state index contributed by atoms with van der Waals surface area (Å²) in [6.07, 6.45) is 2.28. The Balaban J connectivity index is 1.51. The zero-order chi connectivity index (χ0) is 16.6. The Labute approximate surface area is 140 Å². The predicted octanol–water partition coefficient (Wildman–Crippen LogP) is 2.06. The van der Waals surface area contributed by atoms with Gasteiger partial charge in [-0.2, -0.15) is 15.4 Å². The van der Waals surface area contributed by atoms with Gasteiger partial charge in [-0.25, -0.2) is 0 Å². The van der Waals surface area contributed by atoms with E-state index in [0.29, 0.717) is 18.7 Å². The van der Waals surface area contributed by atoms with Crippen molar-refractivity contribution >= 4 is 10.8 Å². The van der Waals surface area contributed by atoms with Gasteiger partial charge in [-0.05, 0) is 41.0 Å². The molecule has 1 saturated heterocycles. The van der Waals surface area contributed by atoms with Crippen LogP contribution in [0.25, 0.3) is 10.8 Å². The van der Waals surface area contributed by atoms with Crippen molar-refractivity contribution in [2.24, 2.45) is 0 Å². The van der Waals surface area contributed by atoms with Crippen molar-refractivity contribution in [2.75, 3.05) is 20.2 Å². The number of rotatable bonds is 4. The molecule has 0 bridgehead atoms. The summed E-state index contributed by atoms with van der Waals surface area (Å²) in [5.41, 5.74) is 0.949. The molecule has 1 fully saturated rings. The van der Waals surface area contributed by atoms with Crippen LogP contribution < -0.4 is 4.74 Å². The second-order valence-corrected chi connectivity index (χ2v) is 6.39. The first-order valence-corrected chi connectivity index (χ1v) is 8.04. The molecule has 0 aliphatic carbocycles. The lowest BCUT2D eigenvalue weighted by atomic mass is 10.00. The Morgan fingerprint density at radius 1 is 1.25 bits per heavy atom. The molecule has 0 saturated carbocycles. The van der Waals surface area contributed by atoms with Crippen LogP contribution in [0.1, 0.15) is 17.7 Å². The van der Waals surface area contributed by atoms with Crippen molar-refractivity contribution < 1.29 is 9.84 Å². The first-order valence-electron chi connectivity index (χ1n) is 8.04. The molecule has 3 aromatic rings. The number of ether oxygens (including phenoxy) is 1. The van der Waals surface area contributed by atoms with E-state index in [9.17, 15) is 5.11 Å². The summed E-state index contributed by atoms with van der Waals surface area (Å²) in [6, 6.07) is 12.5. The van der Waals surface area contributed by atoms with Crippen LogP contribution in [-0.4, -0.2) is 45.6 Å². The normalized spacial score (nSPS) is 21.4. The van der Waals surface area contributed by atoms with E-state index in [1.54, 1.807) is 13.3 Å². The molecule has 0 amide bonds. The molecule has 6 heteroatoms. The van der Waals surface area contributed by atoms with E-state index < -0.39 is 5.60 Å². The highest BCUT2D eigenvalue weighted by Crippen LogP contribution is 2.31. The molecule has 0 spiro atoms. The maximum absolute atomic E-state index is 10.8. The fraction of sp³-hybridized carbons (Fsp3) is 0.333. The Morgan fingerprint density at radius 3 is 2.88 bits per heavy atom. The van der Waals surface area contributed by atoms with E-state index in [1.165, 1.54) is 16.3 Å². The number of aromatic nitrogens is 3. The smallest absolute Gasteiger partial charge is 0.124 e. The molecule has 1 aliphatic rings. The average molecular weight is 324 g/mol. The van der Waals surface area contributed by atoms with E-state index in [1.807, 2.05) is 12.1 Å². The van der Waals surface area contributed by atoms with Gasteiger partial charge in [-0.1, -0.05) is 18.2 Å². The van der Waals surface area contributed by atoms with Gasteiger partial charge in [0.05, 0.1) is 13.3 Å². The predicted molar refractivity (Wildman–Crippen MR) is 90.7 cm³/mol. The number of methoxy groups -OCH3 is 1. The molecule has 24 heavy (non-hydrogen) atoms. The number of hydrogen-bond acceptors (Lipinski definition) is 5. The van der Waals surface area contributed by atoms with Crippen LogP contribution in [0, 0.1) is 0 Å². The SMILES string of the molecule is COc1ccc2cc(CN3CC[C@@](O)(c4cn[nH]n4)C3)ccc2c1. The summed E-state index contributed by atoms with van der Waals surface area (Å²) in [5, 5.41) is 23.5. The number of β-amino-alcohol motifs (C(OH)–C–C–N with tert-alkyl or cyclic N) is 1. The lowest BCUT2D eigenvalue weighted by Crippen LogP contribution is -2.31. The molecule has 1 aliphatic heterocycles. The number of likely N-dealkylation sites (tertiary alicyclic amines) is 1. The van der Waals surface area contributed by atoms with E-state index in [4.69, 9.17) is 4.74 Å². The lowest BCUT2D eigenvalue weighted by Gasteiger charge is -2.21. The molecule has 124 valence electrons. The molecule has 2 aromatic carbocycles. The molecule has 6 nitrogen and oxygen atoms in total. The quantitative estimate of drug-likeness (QED) is 0.768. The largest absolute Gasteiger partial charge is 0.497 e. The molecule has 2 N–H and O–H groups in total. The maximum atomic E-state index is 10.8. The summed E-state index contributed by atoms with van der Waals surface area (Å²) in [5.74, 6) is 0.868. The van der Waals surface area contributed by atoms with Gasteiger partial charge in [0.2, 0.25) is 0 Å². The van der Waals surface area contributed by atoms with E-state index in [0.717, 1.165) is 18.8 Å². The van der Waals surface area contributed by atoms with Crippen molar-refractivity contribution in [1.82, 2.24) is 20.3 Å². The van der Waals surface area contributed by atoms with Gasteiger partial charge in [0.15, 0.2) is 0 Å². The third kappa shape index (κ3) is 2.74. The molecular weight excluding hydrogens is 304 g/mol. The van der Waals surface area contributed by atoms with Gasteiger partial charge in [-0.3, -0.25) is 4.90 Å². The standard InChI is InChI=1S/C18H20N4O2/c1-24-16-5-4-14-8-13(2-3-15(14)9-16)11-22-7-6-18(23,12-22)17-10-19-21-20-17/h2-5,8-10,23H,6-7,11-12H2,1H3,(H,19,20,21)/t18-/m0/s1. The number of nitrogens with zero attached hydrogens (tertiary/aromatic N) is 3. The molecule has 1 aromatic heterocycles. The van der Waals surface area contributed by atoms with Crippen LogP contribution in [0.5, 0.6) is 5.75 Å². The summed E-state index contributed by atoms with van der Waals surface area (Å²) in [6.45, 7) is 2.21.